The molecule has 1 spiro atoms. The Labute approximate surface area is 156 Å². The van der Waals surface area contributed by atoms with Crippen LogP contribution >= 0.6 is 11.3 Å². The average Bonchev–Trinajstić information content (AvgIpc) is 3.27. The molecule has 1 amide bonds. The fourth-order valence-corrected chi connectivity index (χ4v) is 4.53. The Kier molecular flexibility index (Phi) is 4.56. The zero-order chi connectivity index (χ0) is 18.1. The minimum absolute atomic E-state index is 0.118. The number of hydrogen-bond acceptors (Lipinski definition) is 6. The van der Waals surface area contributed by atoms with Crippen molar-refractivity contribution >= 4 is 22.4 Å². The monoisotopic (exact) mass is 373 g/mol. The van der Waals surface area contributed by atoms with Crippen molar-refractivity contribution in [2.24, 2.45) is 11.3 Å². The minimum atomic E-state index is 0.118. The quantitative estimate of drug-likeness (QED) is 0.804. The van der Waals surface area contributed by atoms with Crippen LogP contribution in [0.3, 0.4) is 0 Å². The van der Waals surface area contributed by atoms with E-state index >= 15 is 0 Å². The topological polar surface area (TPSA) is 73.3 Å². The number of nitrogens with zero attached hydrogens (tertiary/aromatic N) is 2. The van der Waals surface area contributed by atoms with Crippen LogP contribution in [0.4, 0.5) is 5.13 Å². The second kappa shape index (κ2) is 6.87. The second-order valence-electron chi connectivity index (χ2n) is 7.15. The first-order valence-electron chi connectivity index (χ1n) is 8.98. The van der Waals surface area contributed by atoms with Gasteiger partial charge in [-0.05, 0) is 48.8 Å². The predicted molar refractivity (Wildman–Crippen MR) is 99.9 cm³/mol. The van der Waals surface area contributed by atoms with E-state index in [1.165, 1.54) is 30.6 Å². The van der Waals surface area contributed by atoms with E-state index in [4.69, 9.17) is 9.47 Å². The van der Waals surface area contributed by atoms with Gasteiger partial charge in [0.05, 0.1) is 14.2 Å². The van der Waals surface area contributed by atoms with E-state index in [0.717, 1.165) is 41.3 Å². The zero-order valence-electron chi connectivity index (χ0n) is 15.1. The third-order valence-electron chi connectivity index (χ3n) is 5.63. The number of methoxy groups -OCH3 is 2. The molecule has 1 aromatic carbocycles. The third kappa shape index (κ3) is 3.28. The van der Waals surface area contributed by atoms with Crippen LogP contribution in [0.1, 0.15) is 36.3 Å². The van der Waals surface area contributed by atoms with Gasteiger partial charge in [0, 0.05) is 12.3 Å². The summed E-state index contributed by atoms with van der Waals surface area (Å²) in [5, 5.41) is 12.8. The largest absolute Gasteiger partial charge is 0.493 e. The molecule has 1 atom stereocenters. The Bertz CT molecular complexity index is 816. The van der Waals surface area contributed by atoms with Gasteiger partial charge < -0.3 is 14.8 Å². The number of hydrogen-bond donors (Lipinski definition) is 1. The number of anilines is 1. The molecule has 2 aliphatic rings. The lowest BCUT2D eigenvalue weighted by Crippen LogP contribution is -2.23. The summed E-state index contributed by atoms with van der Waals surface area (Å²) in [6.07, 6.45) is 6.33. The summed E-state index contributed by atoms with van der Waals surface area (Å²) in [5.41, 5.74) is 1.48. The van der Waals surface area contributed by atoms with E-state index in [1.807, 2.05) is 18.2 Å². The zero-order valence-corrected chi connectivity index (χ0v) is 15.9. The lowest BCUT2D eigenvalue weighted by Gasteiger charge is -2.26. The molecule has 138 valence electrons. The number of carbonyl (C=O) groups is 1. The van der Waals surface area contributed by atoms with Gasteiger partial charge in [-0.1, -0.05) is 23.8 Å². The second-order valence-corrected chi connectivity index (χ2v) is 8.21. The summed E-state index contributed by atoms with van der Waals surface area (Å²) >= 11 is 1.46. The van der Waals surface area contributed by atoms with Crippen LogP contribution in [0.25, 0.3) is 0 Å². The van der Waals surface area contributed by atoms with Gasteiger partial charge >= 0.3 is 0 Å². The SMILES string of the molecule is COc1ccc(CCc2nnc(NC(=O)[C@H]3CC34CCC4)s2)cc1OC. The molecule has 2 aromatic rings. The van der Waals surface area contributed by atoms with Gasteiger partial charge in [-0.15, -0.1) is 10.2 Å². The van der Waals surface area contributed by atoms with E-state index in [0.29, 0.717) is 10.5 Å². The summed E-state index contributed by atoms with van der Waals surface area (Å²) < 4.78 is 10.6. The molecular formula is C19H23N3O3S. The van der Waals surface area contributed by atoms with Gasteiger partial charge in [-0.25, -0.2) is 0 Å². The number of amides is 1. The number of carbonyl (C=O) groups excluding carboxylic acids is 1. The molecule has 2 aliphatic carbocycles. The molecule has 4 rings (SSSR count). The Balaban J connectivity index is 1.32. The van der Waals surface area contributed by atoms with Crippen LogP contribution in [0.5, 0.6) is 11.5 Å². The van der Waals surface area contributed by atoms with Crippen LogP contribution in [-0.2, 0) is 17.6 Å². The smallest absolute Gasteiger partial charge is 0.229 e. The Morgan fingerprint density at radius 3 is 2.69 bits per heavy atom. The van der Waals surface area contributed by atoms with E-state index in [1.54, 1.807) is 14.2 Å². The number of ether oxygens (including phenoxy) is 2. The summed E-state index contributed by atoms with van der Waals surface area (Å²) in [6.45, 7) is 0. The minimum Gasteiger partial charge on any atom is -0.493 e. The molecule has 0 radical (unpaired) electrons. The molecule has 0 bridgehead atoms. The van der Waals surface area contributed by atoms with Crippen molar-refractivity contribution in [3.8, 4) is 11.5 Å². The summed E-state index contributed by atoms with van der Waals surface area (Å²) in [7, 11) is 3.26. The van der Waals surface area contributed by atoms with Gasteiger partial charge in [-0.2, -0.15) is 0 Å². The molecule has 0 unspecified atom stereocenters. The van der Waals surface area contributed by atoms with E-state index in [-0.39, 0.29) is 11.8 Å². The summed E-state index contributed by atoms with van der Waals surface area (Å²) in [6, 6.07) is 5.91. The van der Waals surface area contributed by atoms with E-state index < -0.39 is 0 Å². The van der Waals surface area contributed by atoms with Crippen molar-refractivity contribution in [1.29, 1.82) is 0 Å². The molecule has 26 heavy (non-hydrogen) atoms. The average molecular weight is 373 g/mol. The van der Waals surface area contributed by atoms with Gasteiger partial charge in [0.15, 0.2) is 11.5 Å². The van der Waals surface area contributed by atoms with Gasteiger partial charge in [0.1, 0.15) is 5.01 Å². The van der Waals surface area contributed by atoms with Crippen LogP contribution in [0.2, 0.25) is 0 Å². The summed E-state index contributed by atoms with van der Waals surface area (Å²) in [4.78, 5) is 12.3. The number of benzene rings is 1. The van der Waals surface area contributed by atoms with Crippen molar-refractivity contribution in [2.75, 3.05) is 19.5 Å². The van der Waals surface area contributed by atoms with Gasteiger partial charge in [0.2, 0.25) is 11.0 Å². The molecule has 7 heteroatoms. The van der Waals surface area contributed by atoms with Crippen LogP contribution in [0.15, 0.2) is 18.2 Å². The van der Waals surface area contributed by atoms with Crippen LogP contribution < -0.4 is 14.8 Å². The van der Waals surface area contributed by atoms with Crippen molar-refractivity contribution in [2.45, 2.75) is 38.5 Å². The summed E-state index contributed by atoms with van der Waals surface area (Å²) in [5.74, 6) is 1.76. The molecule has 1 aromatic heterocycles. The van der Waals surface area contributed by atoms with E-state index in [2.05, 4.69) is 15.5 Å². The lowest BCUT2D eigenvalue weighted by atomic mass is 9.80. The van der Waals surface area contributed by atoms with Crippen molar-refractivity contribution in [3.63, 3.8) is 0 Å². The first-order chi connectivity index (χ1) is 12.6. The van der Waals surface area contributed by atoms with Gasteiger partial charge in [0.25, 0.3) is 0 Å². The number of nitrogens with one attached hydrogen (secondary N) is 1. The fraction of sp³-hybridized carbons (Fsp3) is 0.526. The first kappa shape index (κ1) is 17.3. The third-order valence-corrected chi connectivity index (χ3v) is 6.53. The molecular weight excluding hydrogens is 350 g/mol. The Morgan fingerprint density at radius 2 is 2.04 bits per heavy atom. The predicted octanol–water partition coefficient (Wildman–Crippen LogP) is 3.47. The highest BCUT2D eigenvalue weighted by Gasteiger charge is 2.60. The highest BCUT2D eigenvalue weighted by molar-refractivity contribution is 7.15. The van der Waals surface area contributed by atoms with E-state index in [9.17, 15) is 4.79 Å². The molecule has 6 nitrogen and oxygen atoms in total. The molecule has 2 fully saturated rings. The van der Waals surface area contributed by atoms with Gasteiger partial charge in [-0.3, -0.25) is 4.79 Å². The normalized spacial score (nSPS) is 19.7. The number of rotatable bonds is 7. The van der Waals surface area contributed by atoms with Crippen molar-refractivity contribution in [3.05, 3.63) is 28.8 Å². The standard InChI is InChI=1S/C19H23N3O3S/c1-24-14-6-4-12(10-15(14)25-2)5-7-16-21-22-18(26-16)20-17(23)13-11-19(13)8-3-9-19/h4,6,10,13H,3,5,7-9,11H2,1-2H3,(H,20,22,23)/t13-/m1/s1. The highest BCUT2D eigenvalue weighted by atomic mass is 32.1. The van der Waals surface area contributed by atoms with Crippen LogP contribution in [-0.4, -0.2) is 30.3 Å². The maximum absolute atomic E-state index is 12.3. The molecule has 1 heterocycles. The Hall–Kier alpha value is -2.15. The van der Waals surface area contributed by atoms with Crippen molar-refractivity contribution in [1.82, 2.24) is 10.2 Å². The molecule has 0 saturated heterocycles. The Morgan fingerprint density at radius 1 is 1.23 bits per heavy atom. The maximum Gasteiger partial charge on any atom is 0.229 e. The highest BCUT2D eigenvalue weighted by Crippen LogP contribution is 2.65. The number of aryl methyl sites for hydroxylation is 2. The van der Waals surface area contributed by atoms with Crippen molar-refractivity contribution < 1.29 is 14.3 Å². The first-order valence-corrected chi connectivity index (χ1v) is 9.79. The molecule has 1 N–H and O–H groups in total. The molecule has 0 aliphatic heterocycles. The lowest BCUT2D eigenvalue weighted by molar-refractivity contribution is -0.118. The number of aromatic nitrogens is 2. The maximum atomic E-state index is 12.3. The fourth-order valence-electron chi connectivity index (χ4n) is 3.79. The van der Waals surface area contributed by atoms with Crippen LogP contribution in [0, 0.1) is 11.3 Å². The molecule has 2 saturated carbocycles.